The molecule has 0 unspecified atom stereocenters. The maximum Gasteiger partial charge on any atom is 0.286 e. The molecule has 3 nitrogen and oxygen atoms in total. The van der Waals surface area contributed by atoms with E-state index < -0.39 is 0 Å². The van der Waals surface area contributed by atoms with Gasteiger partial charge in [0.15, 0.2) is 5.17 Å². The number of piperidine rings is 1. The summed E-state index contributed by atoms with van der Waals surface area (Å²) in [5.74, 6) is -0.0983. The number of thioether (sulfide) groups is 1. The molecule has 0 N–H and O–H groups in total. The first-order valence-electron chi connectivity index (χ1n) is 7.48. The Kier molecular flexibility index (Phi) is 4.15. The van der Waals surface area contributed by atoms with Crippen LogP contribution in [0.4, 0.5) is 0 Å². The molecular weight excluding hydrogens is 280 g/mol. The van der Waals surface area contributed by atoms with Gasteiger partial charge >= 0.3 is 0 Å². The van der Waals surface area contributed by atoms with E-state index in [4.69, 9.17) is 0 Å². The number of benzene rings is 1. The van der Waals surface area contributed by atoms with Crippen LogP contribution in [-0.2, 0) is 4.79 Å². The van der Waals surface area contributed by atoms with E-state index in [0.29, 0.717) is 0 Å². The highest BCUT2D eigenvalue weighted by Gasteiger charge is 2.26. The van der Waals surface area contributed by atoms with Crippen molar-refractivity contribution in [2.45, 2.75) is 33.1 Å². The number of aryl methyl sites for hydroxylation is 2. The number of carbonyl (C=O) groups excluding carboxylic acids is 1. The molecule has 0 bridgehead atoms. The van der Waals surface area contributed by atoms with Gasteiger partial charge in [0.2, 0.25) is 0 Å². The van der Waals surface area contributed by atoms with E-state index in [1.807, 2.05) is 6.08 Å². The number of nitrogens with zero attached hydrogens (tertiary/aromatic N) is 2. The number of amides is 1. The van der Waals surface area contributed by atoms with Crippen LogP contribution in [0.1, 0.15) is 36.0 Å². The van der Waals surface area contributed by atoms with Crippen LogP contribution >= 0.6 is 11.8 Å². The molecule has 0 spiro atoms. The van der Waals surface area contributed by atoms with Crippen molar-refractivity contribution in [1.82, 2.24) is 4.90 Å². The summed E-state index contributed by atoms with van der Waals surface area (Å²) in [6, 6.07) is 6.27. The van der Waals surface area contributed by atoms with Gasteiger partial charge in [-0.3, -0.25) is 4.79 Å². The number of aliphatic imine (C=N–C) groups is 1. The Labute approximate surface area is 130 Å². The fraction of sp³-hybridized carbons (Fsp3) is 0.412. The number of carbonyl (C=O) groups is 1. The van der Waals surface area contributed by atoms with E-state index in [2.05, 4.69) is 41.9 Å². The highest BCUT2D eigenvalue weighted by atomic mass is 32.2. The fourth-order valence-electron chi connectivity index (χ4n) is 2.62. The summed E-state index contributed by atoms with van der Waals surface area (Å²) in [4.78, 5) is 19.3. The van der Waals surface area contributed by atoms with Crippen molar-refractivity contribution in [3.63, 3.8) is 0 Å². The quantitative estimate of drug-likeness (QED) is 0.740. The van der Waals surface area contributed by atoms with Crippen molar-refractivity contribution in [2.75, 3.05) is 13.1 Å². The van der Waals surface area contributed by atoms with Crippen molar-refractivity contribution in [1.29, 1.82) is 0 Å². The van der Waals surface area contributed by atoms with Crippen molar-refractivity contribution in [2.24, 2.45) is 4.99 Å². The average Bonchev–Trinajstić information content (AvgIpc) is 2.85. The Morgan fingerprint density at radius 2 is 1.90 bits per heavy atom. The van der Waals surface area contributed by atoms with E-state index in [-0.39, 0.29) is 5.91 Å². The lowest BCUT2D eigenvalue weighted by molar-refractivity contribution is -0.113. The summed E-state index contributed by atoms with van der Waals surface area (Å²) >= 11 is 1.52. The topological polar surface area (TPSA) is 32.7 Å². The SMILES string of the molecule is Cc1ccc(C=C2SC(N3CCCCC3)=NC2=O)cc1C. The minimum atomic E-state index is -0.0983. The molecule has 1 fully saturated rings. The third kappa shape index (κ3) is 3.21. The molecule has 0 radical (unpaired) electrons. The van der Waals surface area contributed by atoms with Gasteiger partial charge in [-0.1, -0.05) is 18.2 Å². The van der Waals surface area contributed by atoms with Crippen LogP contribution in [-0.4, -0.2) is 29.1 Å². The second kappa shape index (κ2) is 6.06. The summed E-state index contributed by atoms with van der Waals surface area (Å²) < 4.78 is 0. The fourth-order valence-corrected chi connectivity index (χ4v) is 3.59. The van der Waals surface area contributed by atoms with Gasteiger partial charge in [-0.2, -0.15) is 4.99 Å². The van der Waals surface area contributed by atoms with E-state index in [1.54, 1.807) is 0 Å². The van der Waals surface area contributed by atoms with Crippen LogP contribution in [0, 0.1) is 13.8 Å². The smallest absolute Gasteiger partial charge is 0.286 e. The number of amidine groups is 1. The Bertz CT molecular complexity index is 628. The Hall–Kier alpha value is -1.55. The van der Waals surface area contributed by atoms with Crippen molar-refractivity contribution >= 4 is 28.9 Å². The van der Waals surface area contributed by atoms with Gasteiger partial charge in [0.25, 0.3) is 5.91 Å². The Morgan fingerprint density at radius 1 is 1.14 bits per heavy atom. The second-order valence-corrected chi connectivity index (χ2v) is 6.71. The molecule has 1 saturated heterocycles. The van der Waals surface area contributed by atoms with Crippen molar-refractivity contribution in [3.05, 3.63) is 39.8 Å². The van der Waals surface area contributed by atoms with E-state index in [1.165, 1.54) is 42.2 Å². The lowest BCUT2D eigenvalue weighted by Crippen LogP contribution is -2.33. The largest absolute Gasteiger partial charge is 0.351 e. The van der Waals surface area contributed by atoms with Gasteiger partial charge in [0.1, 0.15) is 0 Å². The molecule has 110 valence electrons. The lowest BCUT2D eigenvalue weighted by atomic mass is 10.1. The molecule has 2 heterocycles. The van der Waals surface area contributed by atoms with Crippen LogP contribution < -0.4 is 0 Å². The molecule has 1 amide bonds. The monoisotopic (exact) mass is 300 g/mol. The standard InChI is InChI=1S/C17H20N2OS/c1-12-6-7-14(10-13(12)2)11-15-16(20)18-17(21-15)19-8-4-3-5-9-19/h6-7,10-11H,3-5,8-9H2,1-2H3. The van der Waals surface area contributed by atoms with Crippen LogP contribution in [0.3, 0.4) is 0 Å². The minimum Gasteiger partial charge on any atom is -0.351 e. The predicted octanol–water partition coefficient (Wildman–Crippen LogP) is 3.76. The predicted molar refractivity (Wildman–Crippen MR) is 89.4 cm³/mol. The first kappa shape index (κ1) is 14.4. The van der Waals surface area contributed by atoms with Gasteiger partial charge in [0, 0.05) is 13.1 Å². The molecule has 3 rings (SSSR count). The number of rotatable bonds is 1. The van der Waals surface area contributed by atoms with Gasteiger partial charge in [-0.25, -0.2) is 0 Å². The Morgan fingerprint density at radius 3 is 2.62 bits per heavy atom. The second-order valence-electron chi connectivity index (χ2n) is 5.70. The van der Waals surface area contributed by atoms with Crippen molar-refractivity contribution in [3.8, 4) is 0 Å². The zero-order chi connectivity index (χ0) is 14.8. The van der Waals surface area contributed by atoms with Gasteiger partial charge in [-0.05, 0) is 67.6 Å². The van der Waals surface area contributed by atoms with Crippen LogP contribution in [0.25, 0.3) is 6.08 Å². The third-order valence-electron chi connectivity index (χ3n) is 4.06. The third-order valence-corrected chi connectivity index (χ3v) is 5.11. The van der Waals surface area contributed by atoms with Crippen LogP contribution in [0.15, 0.2) is 28.1 Å². The highest BCUT2D eigenvalue weighted by Crippen LogP contribution is 2.31. The molecule has 0 aliphatic carbocycles. The van der Waals surface area contributed by atoms with Crippen LogP contribution in [0.5, 0.6) is 0 Å². The number of hydrogen-bond donors (Lipinski definition) is 0. The highest BCUT2D eigenvalue weighted by molar-refractivity contribution is 8.18. The average molecular weight is 300 g/mol. The normalized spacial score (nSPS) is 21.0. The van der Waals surface area contributed by atoms with Crippen LogP contribution in [0.2, 0.25) is 0 Å². The van der Waals surface area contributed by atoms with E-state index in [0.717, 1.165) is 28.7 Å². The number of likely N-dealkylation sites (tertiary alicyclic amines) is 1. The summed E-state index contributed by atoms with van der Waals surface area (Å²) in [6.07, 6.45) is 5.64. The molecule has 1 aromatic rings. The molecule has 0 atom stereocenters. The summed E-state index contributed by atoms with van der Waals surface area (Å²) in [6.45, 7) is 6.24. The minimum absolute atomic E-state index is 0.0983. The number of hydrogen-bond acceptors (Lipinski definition) is 3. The van der Waals surface area contributed by atoms with Gasteiger partial charge in [-0.15, -0.1) is 0 Å². The first-order valence-corrected chi connectivity index (χ1v) is 8.30. The first-order chi connectivity index (χ1) is 10.1. The summed E-state index contributed by atoms with van der Waals surface area (Å²) in [5, 5.41) is 0.884. The molecule has 0 saturated carbocycles. The van der Waals surface area contributed by atoms with Crippen molar-refractivity contribution < 1.29 is 4.79 Å². The summed E-state index contributed by atoms with van der Waals surface area (Å²) in [7, 11) is 0. The maximum atomic E-state index is 12.1. The molecule has 21 heavy (non-hydrogen) atoms. The summed E-state index contributed by atoms with van der Waals surface area (Å²) in [5.41, 5.74) is 3.59. The van der Waals surface area contributed by atoms with Gasteiger partial charge < -0.3 is 4.90 Å². The molecule has 2 aliphatic rings. The zero-order valence-corrected chi connectivity index (χ0v) is 13.4. The maximum absolute atomic E-state index is 12.1. The van der Waals surface area contributed by atoms with E-state index in [9.17, 15) is 4.79 Å². The van der Waals surface area contributed by atoms with Gasteiger partial charge in [0.05, 0.1) is 4.91 Å². The van der Waals surface area contributed by atoms with E-state index >= 15 is 0 Å². The molecule has 2 aliphatic heterocycles. The molecule has 0 aromatic heterocycles. The molecule has 1 aromatic carbocycles. The lowest BCUT2D eigenvalue weighted by Gasteiger charge is -2.27. The molecule has 4 heteroatoms. The Balaban J connectivity index is 1.77. The zero-order valence-electron chi connectivity index (χ0n) is 12.6. The molecular formula is C17H20N2OS.